The van der Waals surface area contributed by atoms with Crippen molar-refractivity contribution in [1.29, 1.82) is 0 Å². The van der Waals surface area contributed by atoms with E-state index in [9.17, 15) is 22.4 Å². The number of hydrazone groups is 1. The Labute approximate surface area is 148 Å². The monoisotopic (exact) mass is 387 g/mol. The van der Waals surface area contributed by atoms with E-state index >= 15 is 0 Å². The highest BCUT2D eigenvalue weighted by molar-refractivity contribution is 7.91. The van der Waals surface area contributed by atoms with E-state index in [-0.39, 0.29) is 53.1 Å². The van der Waals surface area contributed by atoms with Crippen LogP contribution in [0.3, 0.4) is 0 Å². The molecule has 0 unspecified atom stereocenters. The fraction of sp³-hybridized carbons (Fsp3) is 0.400. The van der Waals surface area contributed by atoms with Crippen molar-refractivity contribution < 1.29 is 22.4 Å². The summed E-state index contributed by atoms with van der Waals surface area (Å²) in [6.45, 7) is 0. The third-order valence-electron chi connectivity index (χ3n) is 4.06. The van der Waals surface area contributed by atoms with E-state index in [0.29, 0.717) is 0 Å². The Morgan fingerprint density at radius 1 is 1.36 bits per heavy atom. The lowest BCUT2D eigenvalue weighted by Gasteiger charge is -2.27. The molecule has 1 saturated heterocycles. The van der Waals surface area contributed by atoms with E-state index in [1.54, 1.807) is 0 Å². The number of halogens is 2. The van der Waals surface area contributed by atoms with E-state index in [4.69, 9.17) is 11.6 Å². The SMILES string of the molecule is O=C(Nc1ccc(Cl)cc1F)C1=NN([C@@H]2CCS(=O)(=O)C2)C(=O)CC1. The summed E-state index contributed by atoms with van der Waals surface area (Å²) in [5.74, 6) is -1.82. The molecule has 0 bridgehead atoms. The minimum atomic E-state index is -3.19. The first-order valence-corrected chi connectivity index (χ1v) is 9.81. The van der Waals surface area contributed by atoms with Crippen LogP contribution in [0.4, 0.5) is 10.1 Å². The van der Waals surface area contributed by atoms with E-state index in [1.807, 2.05) is 0 Å². The zero-order valence-corrected chi connectivity index (χ0v) is 14.6. The second-order valence-corrected chi connectivity index (χ2v) is 8.59. The lowest BCUT2D eigenvalue weighted by atomic mass is 10.1. The van der Waals surface area contributed by atoms with Gasteiger partial charge in [-0.2, -0.15) is 5.10 Å². The number of hydrogen-bond acceptors (Lipinski definition) is 5. The molecule has 10 heteroatoms. The molecule has 25 heavy (non-hydrogen) atoms. The number of benzene rings is 1. The van der Waals surface area contributed by atoms with Gasteiger partial charge in [0.15, 0.2) is 9.84 Å². The van der Waals surface area contributed by atoms with Crippen molar-refractivity contribution in [2.45, 2.75) is 25.3 Å². The zero-order valence-electron chi connectivity index (χ0n) is 13.0. The number of nitrogens with one attached hydrogen (secondary N) is 1. The summed E-state index contributed by atoms with van der Waals surface area (Å²) < 4.78 is 37.0. The molecule has 0 aromatic heterocycles. The van der Waals surface area contributed by atoms with Gasteiger partial charge in [0.1, 0.15) is 11.5 Å². The standard InChI is InChI=1S/C15H15ClFN3O4S/c16-9-1-2-12(11(17)7-9)18-15(22)13-3-4-14(21)20(19-13)10-5-6-25(23,24)8-10/h1-2,7,10H,3-6,8H2,(H,18,22)/t10-/m1/s1. The van der Waals surface area contributed by atoms with Crippen LogP contribution in [-0.4, -0.2) is 48.5 Å². The maximum absolute atomic E-state index is 13.8. The molecule has 0 spiro atoms. The first kappa shape index (κ1) is 17.8. The van der Waals surface area contributed by atoms with Gasteiger partial charge in [-0.1, -0.05) is 11.6 Å². The van der Waals surface area contributed by atoms with Gasteiger partial charge < -0.3 is 5.32 Å². The molecular formula is C15H15ClFN3O4S. The van der Waals surface area contributed by atoms with E-state index in [0.717, 1.165) is 11.1 Å². The van der Waals surface area contributed by atoms with Crippen molar-refractivity contribution in [3.8, 4) is 0 Å². The lowest BCUT2D eigenvalue weighted by molar-refractivity contribution is -0.133. The molecule has 1 fully saturated rings. The van der Waals surface area contributed by atoms with Gasteiger partial charge in [0.25, 0.3) is 5.91 Å². The highest BCUT2D eigenvalue weighted by Gasteiger charge is 2.37. The molecule has 1 N–H and O–H groups in total. The number of anilines is 1. The normalized spacial score (nSPS) is 22.6. The Hall–Kier alpha value is -2.00. The van der Waals surface area contributed by atoms with Crippen molar-refractivity contribution in [3.63, 3.8) is 0 Å². The molecule has 2 aliphatic heterocycles. The predicted octanol–water partition coefficient (Wildman–Crippen LogP) is 1.58. The quantitative estimate of drug-likeness (QED) is 0.851. The fourth-order valence-corrected chi connectivity index (χ4v) is 4.62. The van der Waals surface area contributed by atoms with Crippen molar-refractivity contribution >= 4 is 44.7 Å². The minimum Gasteiger partial charge on any atom is -0.318 e. The fourth-order valence-electron chi connectivity index (χ4n) is 2.77. The summed E-state index contributed by atoms with van der Waals surface area (Å²) in [5.41, 5.74) is 0.00208. The van der Waals surface area contributed by atoms with E-state index in [2.05, 4.69) is 10.4 Å². The van der Waals surface area contributed by atoms with Gasteiger partial charge in [-0.15, -0.1) is 0 Å². The number of rotatable bonds is 3. The van der Waals surface area contributed by atoms with Gasteiger partial charge in [-0.25, -0.2) is 17.8 Å². The van der Waals surface area contributed by atoms with Crippen molar-refractivity contribution in [2.75, 3.05) is 16.8 Å². The smallest absolute Gasteiger partial charge is 0.271 e. The number of carbonyl (C=O) groups excluding carboxylic acids is 2. The first-order chi connectivity index (χ1) is 11.7. The summed E-state index contributed by atoms with van der Waals surface area (Å²) in [5, 5.41) is 7.70. The molecule has 3 rings (SSSR count). The molecule has 2 aliphatic rings. The average Bonchev–Trinajstić information content (AvgIpc) is 2.90. The molecule has 2 amide bonds. The average molecular weight is 388 g/mol. The van der Waals surface area contributed by atoms with Crippen LogP contribution in [0.1, 0.15) is 19.3 Å². The molecule has 0 saturated carbocycles. The molecule has 7 nitrogen and oxygen atoms in total. The van der Waals surface area contributed by atoms with E-state index in [1.165, 1.54) is 12.1 Å². The van der Waals surface area contributed by atoms with Gasteiger partial charge in [-0.05, 0) is 24.6 Å². The van der Waals surface area contributed by atoms with Gasteiger partial charge in [-0.3, -0.25) is 9.59 Å². The Bertz CT molecular complexity index is 872. The second kappa shape index (κ2) is 6.72. The number of carbonyl (C=O) groups is 2. The van der Waals surface area contributed by atoms with Gasteiger partial charge in [0, 0.05) is 17.9 Å². The number of nitrogens with zero attached hydrogens (tertiary/aromatic N) is 2. The van der Waals surface area contributed by atoms with Gasteiger partial charge >= 0.3 is 0 Å². The summed E-state index contributed by atoms with van der Waals surface area (Å²) >= 11 is 5.66. The van der Waals surface area contributed by atoms with Crippen LogP contribution >= 0.6 is 11.6 Å². The number of hydrogen-bond donors (Lipinski definition) is 1. The van der Waals surface area contributed by atoms with Crippen LogP contribution < -0.4 is 5.32 Å². The Kier molecular flexibility index (Phi) is 4.79. The third-order valence-corrected chi connectivity index (χ3v) is 6.04. The second-order valence-electron chi connectivity index (χ2n) is 5.92. The van der Waals surface area contributed by atoms with Gasteiger partial charge in [0.05, 0.1) is 23.2 Å². The highest BCUT2D eigenvalue weighted by Crippen LogP contribution is 2.23. The van der Waals surface area contributed by atoms with Crippen LogP contribution in [0.25, 0.3) is 0 Å². The van der Waals surface area contributed by atoms with E-state index < -0.39 is 27.6 Å². The Morgan fingerprint density at radius 2 is 2.12 bits per heavy atom. The number of amides is 2. The molecule has 0 radical (unpaired) electrons. The topological polar surface area (TPSA) is 95.9 Å². The van der Waals surface area contributed by atoms with Crippen molar-refractivity contribution in [3.05, 3.63) is 29.0 Å². The summed E-state index contributed by atoms with van der Waals surface area (Å²) in [7, 11) is -3.19. The molecule has 1 atom stereocenters. The van der Waals surface area contributed by atoms with Crippen molar-refractivity contribution in [2.24, 2.45) is 5.10 Å². The third kappa shape index (κ3) is 3.98. The van der Waals surface area contributed by atoms with Crippen LogP contribution in [0.2, 0.25) is 5.02 Å². The zero-order chi connectivity index (χ0) is 18.2. The lowest BCUT2D eigenvalue weighted by Crippen LogP contribution is -2.42. The van der Waals surface area contributed by atoms with Gasteiger partial charge in [0.2, 0.25) is 5.91 Å². The number of sulfone groups is 1. The molecular weight excluding hydrogens is 373 g/mol. The maximum atomic E-state index is 13.8. The Balaban J connectivity index is 1.77. The van der Waals surface area contributed by atoms with Crippen LogP contribution in [0, 0.1) is 5.82 Å². The minimum absolute atomic E-state index is 0.00547. The van der Waals surface area contributed by atoms with Crippen LogP contribution in [-0.2, 0) is 19.4 Å². The highest BCUT2D eigenvalue weighted by atomic mass is 35.5. The Morgan fingerprint density at radius 3 is 2.76 bits per heavy atom. The molecule has 1 aromatic rings. The summed E-state index contributed by atoms with van der Waals surface area (Å²) in [6.07, 6.45) is 0.444. The maximum Gasteiger partial charge on any atom is 0.271 e. The van der Waals surface area contributed by atoms with Crippen molar-refractivity contribution in [1.82, 2.24) is 5.01 Å². The summed E-state index contributed by atoms with van der Waals surface area (Å²) in [4.78, 5) is 24.3. The summed E-state index contributed by atoms with van der Waals surface area (Å²) in [6, 6.07) is 3.26. The van der Waals surface area contributed by atoms with Crippen LogP contribution in [0.5, 0.6) is 0 Å². The largest absolute Gasteiger partial charge is 0.318 e. The molecule has 1 aromatic carbocycles. The predicted molar refractivity (Wildman–Crippen MR) is 90.6 cm³/mol. The molecule has 0 aliphatic carbocycles. The molecule has 134 valence electrons. The molecule has 2 heterocycles. The van der Waals surface area contributed by atoms with Crippen LogP contribution in [0.15, 0.2) is 23.3 Å². The first-order valence-electron chi connectivity index (χ1n) is 7.61.